The first-order chi connectivity index (χ1) is 17.9. The topological polar surface area (TPSA) is 150 Å². The lowest BCUT2D eigenvalue weighted by molar-refractivity contribution is -0.147. The van der Waals surface area contributed by atoms with Gasteiger partial charge in [0, 0.05) is 12.1 Å². The zero-order valence-electron chi connectivity index (χ0n) is 23.0. The maximum absolute atomic E-state index is 14.4. The molecule has 3 saturated carbocycles. The van der Waals surface area contributed by atoms with Gasteiger partial charge in [-0.05, 0) is 76.5 Å². The molecule has 0 radical (unpaired) electrons. The van der Waals surface area contributed by atoms with Crippen LogP contribution in [0.4, 0.5) is 4.79 Å². The van der Waals surface area contributed by atoms with Gasteiger partial charge in [0.1, 0.15) is 12.1 Å². The molecule has 1 unspecified atom stereocenters. The van der Waals surface area contributed by atoms with E-state index in [0.717, 1.165) is 64.2 Å². The van der Waals surface area contributed by atoms with Crippen LogP contribution in [0.3, 0.4) is 0 Å². The van der Waals surface area contributed by atoms with Crippen LogP contribution >= 0.6 is 0 Å². The molecule has 5 atom stereocenters. The zero-order valence-corrected chi connectivity index (χ0v) is 23.0. The number of nitrogens with two attached hydrogens (primary N) is 1. The average Bonchev–Trinajstić information content (AvgIpc) is 3.41. The molecule has 4 fully saturated rings. The number of rotatable bonds is 9. The number of hydrogen-bond acceptors (Lipinski definition) is 5. The molecule has 212 valence electrons. The lowest BCUT2D eigenvalue weighted by Gasteiger charge is -2.45. The van der Waals surface area contributed by atoms with E-state index in [9.17, 15) is 29.1 Å². The Morgan fingerprint density at radius 1 is 0.974 bits per heavy atom. The average molecular weight is 533 g/mol. The van der Waals surface area contributed by atoms with Gasteiger partial charge in [0.05, 0.1) is 6.04 Å². The number of hydrogen-bond donors (Lipinski definition) is 3. The number of nitrogens with one attached hydrogen (secondary N) is 1. The smallest absolute Gasteiger partial charge is 0.408 e. The van der Waals surface area contributed by atoms with Crippen LogP contribution in [0.15, 0.2) is 0 Å². The maximum Gasteiger partial charge on any atom is 0.408 e. The SMILES string of the molecule is CC(C)(C)N(C(=O)O)[C@H](C(=O)N1C[C@@H]2CCC[C@@H]2[C@H]1C(=O)NC(CC1CC1)C(=O)C(N)=O)C1CCCCC1. The summed E-state index contributed by atoms with van der Waals surface area (Å²) in [4.78, 5) is 67.9. The lowest BCUT2D eigenvalue weighted by atomic mass is 9.81. The second-order valence-electron chi connectivity index (χ2n) is 12.9. The molecule has 1 heterocycles. The molecule has 10 heteroatoms. The summed E-state index contributed by atoms with van der Waals surface area (Å²) in [7, 11) is 0. The second-order valence-corrected chi connectivity index (χ2v) is 12.9. The number of fused-ring (bicyclic) bond motifs is 1. The molecule has 0 aromatic heterocycles. The molecule has 4 rings (SSSR count). The van der Waals surface area contributed by atoms with Gasteiger partial charge >= 0.3 is 6.09 Å². The van der Waals surface area contributed by atoms with E-state index in [2.05, 4.69) is 5.32 Å². The van der Waals surface area contributed by atoms with Gasteiger partial charge in [-0.25, -0.2) is 4.79 Å². The molecule has 10 nitrogen and oxygen atoms in total. The van der Waals surface area contributed by atoms with Crippen molar-refractivity contribution in [1.82, 2.24) is 15.1 Å². The van der Waals surface area contributed by atoms with Gasteiger partial charge in [-0.15, -0.1) is 0 Å². The molecule has 4 N–H and O–H groups in total. The van der Waals surface area contributed by atoms with Crippen molar-refractivity contribution in [2.75, 3.05) is 6.54 Å². The van der Waals surface area contributed by atoms with Crippen molar-refractivity contribution in [3.63, 3.8) is 0 Å². The number of primary amides is 1. The molecule has 4 amide bonds. The van der Waals surface area contributed by atoms with Crippen molar-refractivity contribution in [3.05, 3.63) is 0 Å². The summed E-state index contributed by atoms with van der Waals surface area (Å²) in [6, 6.07) is -2.67. The van der Waals surface area contributed by atoms with E-state index >= 15 is 0 Å². The molecule has 1 saturated heterocycles. The molecule has 0 bridgehead atoms. The fourth-order valence-corrected chi connectivity index (χ4v) is 7.18. The number of nitrogens with zero attached hydrogens (tertiary/aromatic N) is 2. The Morgan fingerprint density at radius 2 is 1.63 bits per heavy atom. The Morgan fingerprint density at radius 3 is 2.18 bits per heavy atom. The van der Waals surface area contributed by atoms with Gasteiger partial charge in [-0.3, -0.25) is 24.1 Å². The number of Topliss-reactive ketones (excluding diaryl/α,β-unsaturated/α-hetero) is 1. The third-order valence-corrected chi connectivity index (χ3v) is 9.14. The van der Waals surface area contributed by atoms with Crippen LogP contribution in [-0.4, -0.2) is 74.7 Å². The first-order valence-corrected chi connectivity index (χ1v) is 14.4. The number of ketones is 1. The number of carbonyl (C=O) groups is 5. The van der Waals surface area contributed by atoms with Crippen LogP contribution in [0.5, 0.6) is 0 Å². The Kier molecular flexibility index (Phi) is 8.37. The van der Waals surface area contributed by atoms with Crippen LogP contribution in [0.2, 0.25) is 0 Å². The van der Waals surface area contributed by atoms with Crippen molar-refractivity contribution >= 4 is 29.6 Å². The van der Waals surface area contributed by atoms with Gasteiger partial charge in [-0.1, -0.05) is 38.5 Å². The fraction of sp³-hybridized carbons (Fsp3) is 0.821. The van der Waals surface area contributed by atoms with Gasteiger partial charge < -0.3 is 21.1 Å². The van der Waals surface area contributed by atoms with Crippen molar-refractivity contribution in [3.8, 4) is 0 Å². The summed E-state index contributed by atoms with van der Waals surface area (Å²) < 4.78 is 0. The minimum absolute atomic E-state index is 0.0517. The molecular formula is C28H44N4O6. The van der Waals surface area contributed by atoms with Gasteiger partial charge in [0.2, 0.25) is 17.6 Å². The summed E-state index contributed by atoms with van der Waals surface area (Å²) in [5.41, 5.74) is 4.48. The number of amides is 4. The van der Waals surface area contributed by atoms with Gasteiger partial charge in [-0.2, -0.15) is 0 Å². The minimum Gasteiger partial charge on any atom is -0.465 e. The predicted molar refractivity (Wildman–Crippen MR) is 140 cm³/mol. The first-order valence-electron chi connectivity index (χ1n) is 14.4. The van der Waals surface area contributed by atoms with E-state index < -0.39 is 47.4 Å². The summed E-state index contributed by atoms with van der Waals surface area (Å²) >= 11 is 0. The zero-order chi connectivity index (χ0) is 27.8. The van der Waals surface area contributed by atoms with Crippen LogP contribution in [0.25, 0.3) is 0 Å². The van der Waals surface area contributed by atoms with Crippen molar-refractivity contribution < 1.29 is 29.1 Å². The van der Waals surface area contributed by atoms with E-state index in [1.165, 1.54) is 4.90 Å². The van der Waals surface area contributed by atoms with Gasteiger partial charge in [0.25, 0.3) is 5.91 Å². The van der Waals surface area contributed by atoms with E-state index in [1.54, 1.807) is 25.7 Å². The van der Waals surface area contributed by atoms with E-state index in [4.69, 9.17) is 5.73 Å². The number of carboxylic acid groups (broad SMARTS) is 1. The largest absolute Gasteiger partial charge is 0.465 e. The van der Waals surface area contributed by atoms with E-state index in [0.29, 0.717) is 13.0 Å². The minimum atomic E-state index is -1.14. The third kappa shape index (κ3) is 5.99. The quantitative estimate of drug-likeness (QED) is 0.389. The predicted octanol–water partition coefficient (Wildman–Crippen LogP) is 2.68. The highest BCUT2D eigenvalue weighted by Gasteiger charge is 2.53. The van der Waals surface area contributed by atoms with Crippen molar-refractivity contribution in [2.24, 2.45) is 29.4 Å². The highest BCUT2D eigenvalue weighted by molar-refractivity contribution is 6.37. The van der Waals surface area contributed by atoms with Crippen LogP contribution < -0.4 is 11.1 Å². The lowest BCUT2D eigenvalue weighted by Crippen LogP contribution is -2.62. The van der Waals surface area contributed by atoms with Crippen LogP contribution in [0.1, 0.15) is 91.4 Å². The standard InChI is InChI=1S/C28H44N4O6/c1-28(2,3)32(27(37)38)21(17-8-5-4-6-9-17)26(36)31-15-18-10-7-11-19(18)22(31)25(35)30-20(14-16-12-13-16)23(33)24(29)34/h16-22H,4-15H2,1-3H3,(H2,29,34)(H,30,35)(H,37,38)/t18-,19-,20?,21-,22-/m0/s1. The molecule has 0 spiro atoms. The van der Waals surface area contributed by atoms with E-state index in [-0.39, 0.29) is 29.6 Å². The van der Waals surface area contributed by atoms with E-state index in [1.807, 2.05) is 0 Å². The third-order valence-electron chi connectivity index (χ3n) is 9.14. The molecular weight excluding hydrogens is 488 g/mol. The second kappa shape index (κ2) is 11.2. The Hall–Kier alpha value is -2.65. The normalized spacial score (nSPS) is 27.3. The van der Waals surface area contributed by atoms with Crippen LogP contribution in [0, 0.1) is 23.7 Å². The molecule has 4 aliphatic rings. The number of likely N-dealkylation sites (tertiary alicyclic amines) is 1. The van der Waals surface area contributed by atoms with Gasteiger partial charge in [0.15, 0.2) is 0 Å². The molecule has 3 aliphatic carbocycles. The summed E-state index contributed by atoms with van der Waals surface area (Å²) in [5.74, 6) is -2.38. The summed E-state index contributed by atoms with van der Waals surface area (Å²) in [6.07, 6.45) is 8.25. The maximum atomic E-state index is 14.4. The number of carbonyl (C=O) groups excluding carboxylic acids is 4. The Balaban J connectivity index is 1.64. The summed E-state index contributed by atoms with van der Waals surface area (Å²) in [5, 5.41) is 13.1. The molecule has 1 aliphatic heterocycles. The first kappa shape index (κ1) is 28.4. The Labute approximate surface area is 225 Å². The Bertz CT molecular complexity index is 951. The fourth-order valence-electron chi connectivity index (χ4n) is 7.18. The molecule has 38 heavy (non-hydrogen) atoms. The van der Waals surface area contributed by atoms with Crippen LogP contribution in [-0.2, 0) is 19.2 Å². The molecule has 0 aromatic rings. The highest BCUT2D eigenvalue weighted by atomic mass is 16.4. The van der Waals surface area contributed by atoms with Crippen molar-refractivity contribution in [1.29, 1.82) is 0 Å². The summed E-state index contributed by atoms with van der Waals surface area (Å²) in [6.45, 7) is 5.79. The highest BCUT2D eigenvalue weighted by Crippen LogP contribution is 2.44. The molecule has 0 aromatic carbocycles. The van der Waals surface area contributed by atoms with Crippen molar-refractivity contribution in [2.45, 2.75) is 115 Å². The monoisotopic (exact) mass is 532 g/mol.